The van der Waals surface area contributed by atoms with Crippen molar-refractivity contribution in [2.24, 2.45) is 0 Å². The molecule has 0 aliphatic heterocycles. The number of rotatable bonds is 2. The standard InChI is InChI=1S/C13H12O/c14-9-3-4-11-7-8-12-5-1-2-6-13(12)10-11/h1-8,10,14H,9H2/b4-3+. The van der Waals surface area contributed by atoms with Crippen LogP contribution in [0.2, 0.25) is 0 Å². The van der Waals surface area contributed by atoms with Gasteiger partial charge in [0.15, 0.2) is 0 Å². The van der Waals surface area contributed by atoms with Crippen LogP contribution in [0.3, 0.4) is 0 Å². The Labute approximate surface area is 83.3 Å². The van der Waals surface area contributed by atoms with Gasteiger partial charge in [-0.05, 0) is 22.4 Å². The second kappa shape index (κ2) is 4.07. The summed E-state index contributed by atoms with van der Waals surface area (Å²) in [5.74, 6) is 0. The average molecular weight is 184 g/mol. The van der Waals surface area contributed by atoms with Gasteiger partial charge in [-0.2, -0.15) is 0 Å². The Morgan fingerprint density at radius 1 is 1.00 bits per heavy atom. The van der Waals surface area contributed by atoms with E-state index in [1.165, 1.54) is 10.8 Å². The van der Waals surface area contributed by atoms with Gasteiger partial charge in [0.25, 0.3) is 0 Å². The van der Waals surface area contributed by atoms with Crippen LogP contribution in [0.5, 0.6) is 0 Å². The second-order valence-electron chi connectivity index (χ2n) is 3.19. The molecule has 0 radical (unpaired) electrons. The molecule has 2 aromatic carbocycles. The highest BCUT2D eigenvalue weighted by Crippen LogP contribution is 2.16. The molecule has 0 amide bonds. The molecule has 1 heteroatoms. The Balaban J connectivity index is 2.46. The van der Waals surface area contributed by atoms with E-state index in [0.29, 0.717) is 0 Å². The Hall–Kier alpha value is -1.60. The van der Waals surface area contributed by atoms with Gasteiger partial charge in [-0.3, -0.25) is 0 Å². The van der Waals surface area contributed by atoms with E-state index in [1.54, 1.807) is 6.08 Å². The fraction of sp³-hybridized carbons (Fsp3) is 0.0769. The predicted molar refractivity (Wildman–Crippen MR) is 60.1 cm³/mol. The van der Waals surface area contributed by atoms with Crippen LogP contribution in [-0.2, 0) is 0 Å². The number of hydrogen-bond acceptors (Lipinski definition) is 1. The third-order valence-electron chi connectivity index (χ3n) is 2.19. The van der Waals surface area contributed by atoms with Crippen LogP contribution in [-0.4, -0.2) is 11.7 Å². The summed E-state index contributed by atoms with van der Waals surface area (Å²) >= 11 is 0. The molecule has 2 rings (SSSR count). The fourth-order valence-corrected chi connectivity index (χ4v) is 1.50. The SMILES string of the molecule is OC/C=C/c1ccc2ccccc2c1. The minimum atomic E-state index is 0.0901. The Kier molecular flexibility index (Phi) is 2.61. The molecule has 0 saturated heterocycles. The lowest BCUT2D eigenvalue weighted by atomic mass is 10.1. The summed E-state index contributed by atoms with van der Waals surface area (Å²) in [6, 6.07) is 14.5. The lowest BCUT2D eigenvalue weighted by Crippen LogP contribution is -1.76. The third kappa shape index (κ3) is 1.83. The highest BCUT2D eigenvalue weighted by atomic mass is 16.2. The average Bonchev–Trinajstić information content (AvgIpc) is 2.26. The number of hydrogen-bond donors (Lipinski definition) is 1. The lowest BCUT2D eigenvalue weighted by Gasteiger charge is -1.98. The van der Waals surface area contributed by atoms with Crippen molar-refractivity contribution in [1.82, 2.24) is 0 Å². The molecule has 1 nitrogen and oxygen atoms in total. The molecule has 0 spiro atoms. The van der Waals surface area contributed by atoms with Gasteiger partial charge in [-0.15, -0.1) is 0 Å². The normalized spacial score (nSPS) is 11.2. The first-order chi connectivity index (χ1) is 6.90. The third-order valence-corrected chi connectivity index (χ3v) is 2.19. The van der Waals surface area contributed by atoms with Crippen LogP contribution in [0, 0.1) is 0 Å². The summed E-state index contributed by atoms with van der Waals surface area (Å²) in [6.07, 6.45) is 3.66. The zero-order valence-electron chi connectivity index (χ0n) is 7.85. The van der Waals surface area contributed by atoms with E-state index >= 15 is 0 Å². The molecule has 14 heavy (non-hydrogen) atoms. The Morgan fingerprint density at radius 3 is 2.57 bits per heavy atom. The van der Waals surface area contributed by atoms with E-state index in [9.17, 15) is 0 Å². The molecule has 1 N–H and O–H groups in total. The van der Waals surface area contributed by atoms with Gasteiger partial charge in [0.1, 0.15) is 0 Å². The highest BCUT2D eigenvalue weighted by Gasteiger charge is 1.91. The van der Waals surface area contributed by atoms with E-state index < -0.39 is 0 Å². The molecule has 0 aliphatic carbocycles. The van der Waals surface area contributed by atoms with Crippen molar-refractivity contribution >= 4 is 16.8 Å². The summed E-state index contributed by atoms with van der Waals surface area (Å²) < 4.78 is 0. The van der Waals surface area contributed by atoms with E-state index in [0.717, 1.165) is 5.56 Å². The van der Waals surface area contributed by atoms with Gasteiger partial charge in [-0.25, -0.2) is 0 Å². The summed E-state index contributed by atoms with van der Waals surface area (Å²) in [4.78, 5) is 0. The maximum atomic E-state index is 8.65. The molecule has 0 saturated carbocycles. The van der Waals surface area contributed by atoms with Gasteiger partial charge >= 0.3 is 0 Å². The smallest absolute Gasteiger partial charge is 0.0615 e. The van der Waals surface area contributed by atoms with Crippen molar-refractivity contribution in [2.45, 2.75) is 0 Å². The maximum absolute atomic E-state index is 8.65. The molecule has 0 aliphatic rings. The van der Waals surface area contributed by atoms with Crippen molar-refractivity contribution in [3.8, 4) is 0 Å². The number of aliphatic hydroxyl groups excluding tert-OH is 1. The summed E-state index contributed by atoms with van der Waals surface area (Å²) in [5.41, 5.74) is 1.12. The molecule has 0 heterocycles. The highest BCUT2D eigenvalue weighted by molar-refractivity contribution is 5.84. The number of aliphatic hydroxyl groups is 1. The first-order valence-corrected chi connectivity index (χ1v) is 4.66. The first kappa shape index (κ1) is 8.97. The Bertz CT molecular complexity index is 457. The van der Waals surface area contributed by atoms with Crippen LogP contribution in [0.1, 0.15) is 5.56 Å². The molecule has 0 bridgehead atoms. The molecule has 2 aromatic rings. The van der Waals surface area contributed by atoms with E-state index in [4.69, 9.17) is 5.11 Å². The fourth-order valence-electron chi connectivity index (χ4n) is 1.50. The van der Waals surface area contributed by atoms with Gasteiger partial charge in [0.05, 0.1) is 6.61 Å². The van der Waals surface area contributed by atoms with Gasteiger partial charge in [-0.1, -0.05) is 48.6 Å². The molecule has 0 aromatic heterocycles. The summed E-state index contributed by atoms with van der Waals surface area (Å²) in [6.45, 7) is 0.0901. The molecular formula is C13H12O. The van der Waals surface area contributed by atoms with Crippen molar-refractivity contribution in [3.63, 3.8) is 0 Å². The second-order valence-corrected chi connectivity index (χ2v) is 3.19. The molecule has 0 fully saturated rings. The number of fused-ring (bicyclic) bond motifs is 1. The lowest BCUT2D eigenvalue weighted by molar-refractivity contribution is 0.343. The minimum absolute atomic E-state index is 0.0901. The number of benzene rings is 2. The van der Waals surface area contributed by atoms with Crippen LogP contribution in [0.4, 0.5) is 0 Å². The quantitative estimate of drug-likeness (QED) is 0.760. The van der Waals surface area contributed by atoms with E-state index in [1.807, 2.05) is 18.2 Å². The predicted octanol–water partition coefficient (Wildman–Crippen LogP) is 2.85. The first-order valence-electron chi connectivity index (χ1n) is 4.66. The monoisotopic (exact) mass is 184 g/mol. The van der Waals surface area contributed by atoms with Gasteiger partial charge < -0.3 is 5.11 Å². The molecule has 0 unspecified atom stereocenters. The van der Waals surface area contributed by atoms with Gasteiger partial charge in [0, 0.05) is 0 Å². The van der Waals surface area contributed by atoms with Crippen LogP contribution >= 0.6 is 0 Å². The Morgan fingerprint density at radius 2 is 1.79 bits per heavy atom. The van der Waals surface area contributed by atoms with Crippen molar-refractivity contribution < 1.29 is 5.11 Å². The van der Waals surface area contributed by atoms with Crippen LogP contribution < -0.4 is 0 Å². The van der Waals surface area contributed by atoms with Crippen LogP contribution in [0.15, 0.2) is 48.5 Å². The van der Waals surface area contributed by atoms with E-state index in [-0.39, 0.29) is 6.61 Å². The van der Waals surface area contributed by atoms with Gasteiger partial charge in [0.2, 0.25) is 0 Å². The summed E-state index contributed by atoms with van der Waals surface area (Å²) in [7, 11) is 0. The minimum Gasteiger partial charge on any atom is -0.392 e. The zero-order chi connectivity index (χ0) is 9.80. The van der Waals surface area contributed by atoms with Crippen LogP contribution in [0.25, 0.3) is 16.8 Å². The molecular weight excluding hydrogens is 172 g/mol. The van der Waals surface area contributed by atoms with E-state index in [2.05, 4.69) is 30.3 Å². The summed E-state index contributed by atoms with van der Waals surface area (Å²) in [5, 5.41) is 11.1. The van der Waals surface area contributed by atoms with Crippen molar-refractivity contribution in [3.05, 3.63) is 54.1 Å². The van der Waals surface area contributed by atoms with Crippen molar-refractivity contribution in [1.29, 1.82) is 0 Å². The molecule has 0 atom stereocenters. The topological polar surface area (TPSA) is 20.2 Å². The van der Waals surface area contributed by atoms with Crippen molar-refractivity contribution in [2.75, 3.05) is 6.61 Å². The zero-order valence-corrected chi connectivity index (χ0v) is 7.85. The maximum Gasteiger partial charge on any atom is 0.0615 e. The molecule has 70 valence electrons. The largest absolute Gasteiger partial charge is 0.392 e.